The van der Waals surface area contributed by atoms with E-state index in [4.69, 9.17) is 9.47 Å². The Hall–Kier alpha value is -1.47. The molecule has 2 rings (SSSR count). The number of hydrogen-bond acceptors (Lipinski definition) is 5. The highest BCUT2D eigenvalue weighted by atomic mass is 16.6. The zero-order chi connectivity index (χ0) is 11.2. The minimum absolute atomic E-state index is 0.140. The molecule has 88 valence electrons. The van der Waals surface area contributed by atoms with Gasteiger partial charge < -0.3 is 14.8 Å². The van der Waals surface area contributed by atoms with Crippen molar-refractivity contribution in [2.24, 2.45) is 0 Å². The molecule has 0 spiro atoms. The van der Waals surface area contributed by atoms with Crippen molar-refractivity contribution in [3.63, 3.8) is 0 Å². The molecule has 1 saturated heterocycles. The van der Waals surface area contributed by atoms with Crippen molar-refractivity contribution >= 4 is 5.91 Å². The Bertz CT molecular complexity index is 322. The SMILES string of the molecule is O=C(NCCc1ncn[nH]1)C1COCCO1. The van der Waals surface area contributed by atoms with Gasteiger partial charge in [-0.05, 0) is 0 Å². The van der Waals surface area contributed by atoms with Gasteiger partial charge in [-0.15, -0.1) is 0 Å². The third kappa shape index (κ3) is 3.01. The summed E-state index contributed by atoms with van der Waals surface area (Å²) in [6.45, 7) is 1.87. The maximum atomic E-state index is 11.6. The van der Waals surface area contributed by atoms with Crippen LogP contribution in [0.15, 0.2) is 6.33 Å². The summed E-state index contributed by atoms with van der Waals surface area (Å²) in [6, 6.07) is 0. The lowest BCUT2D eigenvalue weighted by Gasteiger charge is -2.21. The second-order valence-corrected chi connectivity index (χ2v) is 3.41. The number of hydrogen-bond donors (Lipinski definition) is 2. The summed E-state index contributed by atoms with van der Waals surface area (Å²) in [6.07, 6.45) is 1.58. The van der Waals surface area contributed by atoms with Crippen LogP contribution in [0.5, 0.6) is 0 Å². The highest BCUT2D eigenvalue weighted by molar-refractivity contribution is 5.80. The van der Waals surface area contributed by atoms with Crippen molar-refractivity contribution in [2.45, 2.75) is 12.5 Å². The van der Waals surface area contributed by atoms with Crippen LogP contribution < -0.4 is 5.32 Å². The zero-order valence-electron chi connectivity index (χ0n) is 8.81. The van der Waals surface area contributed by atoms with Crippen molar-refractivity contribution in [1.82, 2.24) is 20.5 Å². The van der Waals surface area contributed by atoms with Gasteiger partial charge in [-0.25, -0.2) is 4.98 Å². The number of nitrogens with one attached hydrogen (secondary N) is 2. The van der Waals surface area contributed by atoms with Crippen molar-refractivity contribution in [3.05, 3.63) is 12.2 Å². The Kier molecular flexibility index (Phi) is 3.84. The normalized spacial score (nSPS) is 20.6. The molecule has 0 aromatic carbocycles. The Balaban J connectivity index is 1.67. The maximum Gasteiger partial charge on any atom is 0.251 e. The molecule has 1 aliphatic rings. The van der Waals surface area contributed by atoms with Gasteiger partial charge in [0.05, 0.1) is 19.8 Å². The van der Waals surface area contributed by atoms with Crippen molar-refractivity contribution in [3.8, 4) is 0 Å². The summed E-state index contributed by atoms with van der Waals surface area (Å²) >= 11 is 0. The summed E-state index contributed by atoms with van der Waals surface area (Å²) in [5, 5.41) is 9.20. The Labute approximate surface area is 92.5 Å². The lowest BCUT2D eigenvalue weighted by molar-refractivity contribution is -0.147. The molecule has 0 bridgehead atoms. The van der Waals surface area contributed by atoms with E-state index in [1.807, 2.05) is 0 Å². The summed E-state index contributed by atoms with van der Waals surface area (Å²) in [4.78, 5) is 15.5. The predicted octanol–water partition coefficient (Wildman–Crippen LogP) is -1.12. The molecule has 0 saturated carbocycles. The molecule has 2 N–H and O–H groups in total. The fourth-order valence-electron chi connectivity index (χ4n) is 1.41. The highest BCUT2D eigenvalue weighted by Crippen LogP contribution is 2.00. The molecule has 1 aliphatic heterocycles. The summed E-state index contributed by atoms with van der Waals surface area (Å²) in [7, 11) is 0. The molecule has 1 aromatic heterocycles. The second-order valence-electron chi connectivity index (χ2n) is 3.41. The van der Waals surface area contributed by atoms with E-state index in [1.165, 1.54) is 6.33 Å². The largest absolute Gasteiger partial charge is 0.376 e. The van der Waals surface area contributed by atoms with Gasteiger partial charge in [-0.1, -0.05) is 0 Å². The number of aromatic nitrogens is 3. The van der Waals surface area contributed by atoms with E-state index >= 15 is 0 Å². The van der Waals surface area contributed by atoms with Gasteiger partial charge in [-0.3, -0.25) is 9.89 Å². The zero-order valence-corrected chi connectivity index (χ0v) is 8.81. The van der Waals surface area contributed by atoms with Crippen LogP contribution >= 0.6 is 0 Å². The minimum Gasteiger partial charge on any atom is -0.376 e. The first-order valence-electron chi connectivity index (χ1n) is 5.17. The number of carbonyl (C=O) groups excluding carboxylic acids is 1. The topological polar surface area (TPSA) is 89.1 Å². The first kappa shape index (κ1) is 11.0. The summed E-state index contributed by atoms with van der Waals surface area (Å²) < 4.78 is 10.4. The Morgan fingerprint density at radius 3 is 3.25 bits per heavy atom. The molecular weight excluding hydrogens is 212 g/mol. The van der Waals surface area contributed by atoms with Crippen molar-refractivity contribution in [2.75, 3.05) is 26.4 Å². The van der Waals surface area contributed by atoms with Gasteiger partial charge in [0.1, 0.15) is 12.2 Å². The van der Waals surface area contributed by atoms with E-state index in [1.54, 1.807) is 0 Å². The first-order valence-corrected chi connectivity index (χ1v) is 5.17. The molecule has 1 aromatic rings. The number of nitrogens with zero attached hydrogens (tertiary/aromatic N) is 2. The average Bonchev–Trinajstić information content (AvgIpc) is 2.83. The number of ether oxygens (including phenoxy) is 2. The standard InChI is InChI=1S/C9H14N4O3/c14-9(7-5-15-3-4-16-7)10-2-1-8-11-6-12-13-8/h6-7H,1-5H2,(H,10,14)(H,11,12,13). The minimum atomic E-state index is -0.483. The number of rotatable bonds is 4. The lowest BCUT2D eigenvalue weighted by atomic mass is 10.3. The monoisotopic (exact) mass is 226 g/mol. The van der Waals surface area contributed by atoms with Crippen molar-refractivity contribution in [1.29, 1.82) is 0 Å². The van der Waals surface area contributed by atoms with E-state index in [0.29, 0.717) is 32.8 Å². The molecular formula is C9H14N4O3. The van der Waals surface area contributed by atoms with E-state index < -0.39 is 6.10 Å². The average molecular weight is 226 g/mol. The molecule has 1 atom stereocenters. The van der Waals surface area contributed by atoms with Gasteiger partial charge >= 0.3 is 0 Å². The van der Waals surface area contributed by atoms with E-state index in [0.717, 1.165) is 5.82 Å². The molecule has 0 radical (unpaired) electrons. The van der Waals surface area contributed by atoms with E-state index in [-0.39, 0.29) is 5.91 Å². The van der Waals surface area contributed by atoms with Gasteiger partial charge in [-0.2, -0.15) is 5.10 Å². The predicted molar refractivity (Wildman–Crippen MR) is 53.7 cm³/mol. The highest BCUT2D eigenvalue weighted by Gasteiger charge is 2.21. The van der Waals surface area contributed by atoms with E-state index in [9.17, 15) is 4.79 Å². The van der Waals surface area contributed by atoms with Gasteiger partial charge in [0, 0.05) is 13.0 Å². The van der Waals surface area contributed by atoms with E-state index in [2.05, 4.69) is 20.5 Å². The fourth-order valence-corrected chi connectivity index (χ4v) is 1.41. The fraction of sp³-hybridized carbons (Fsp3) is 0.667. The third-order valence-electron chi connectivity index (χ3n) is 2.23. The Morgan fingerprint density at radius 2 is 2.56 bits per heavy atom. The van der Waals surface area contributed by atoms with Crippen LogP contribution in [-0.2, 0) is 20.7 Å². The lowest BCUT2D eigenvalue weighted by Crippen LogP contribution is -2.43. The Morgan fingerprint density at radius 1 is 1.62 bits per heavy atom. The van der Waals surface area contributed by atoms with Crippen LogP contribution in [0, 0.1) is 0 Å². The molecule has 1 unspecified atom stereocenters. The van der Waals surface area contributed by atoms with Gasteiger partial charge in [0.25, 0.3) is 5.91 Å². The van der Waals surface area contributed by atoms with Crippen LogP contribution in [0.4, 0.5) is 0 Å². The van der Waals surface area contributed by atoms with Crippen LogP contribution in [0.1, 0.15) is 5.82 Å². The number of amides is 1. The molecule has 0 aliphatic carbocycles. The molecule has 7 nitrogen and oxygen atoms in total. The molecule has 2 heterocycles. The summed E-state index contributed by atoms with van der Waals surface area (Å²) in [5.41, 5.74) is 0. The maximum absolute atomic E-state index is 11.6. The molecule has 16 heavy (non-hydrogen) atoms. The quantitative estimate of drug-likeness (QED) is 0.678. The van der Waals surface area contributed by atoms with Gasteiger partial charge in [0.15, 0.2) is 6.10 Å². The van der Waals surface area contributed by atoms with Crippen LogP contribution in [0.3, 0.4) is 0 Å². The smallest absolute Gasteiger partial charge is 0.251 e. The van der Waals surface area contributed by atoms with Crippen molar-refractivity contribution < 1.29 is 14.3 Å². The summed E-state index contributed by atoms with van der Waals surface area (Å²) in [5.74, 6) is 0.611. The number of aromatic amines is 1. The molecule has 1 fully saturated rings. The van der Waals surface area contributed by atoms with Crippen LogP contribution in [-0.4, -0.2) is 53.6 Å². The van der Waals surface area contributed by atoms with Gasteiger partial charge in [0.2, 0.25) is 0 Å². The number of carbonyl (C=O) groups is 1. The second kappa shape index (κ2) is 5.57. The first-order chi connectivity index (χ1) is 7.86. The molecule has 1 amide bonds. The number of H-pyrrole nitrogens is 1. The third-order valence-corrected chi connectivity index (χ3v) is 2.23. The van der Waals surface area contributed by atoms with Crippen LogP contribution in [0.2, 0.25) is 0 Å². The van der Waals surface area contributed by atoms with Crippen LogP contribution in [0.25, 0.3) is 0 Å². The molecule has 7 heteroatoms.